The van der Waals surface area contributed by atoms with Gasteiger partial charge in [-0.15, -0.1) is 13.2 Å². The lowest BCUT2D eigenvalue weighted by atomic mass is 9.64. The first-order valence-electron chi connectivity index (χ1n) is 11.1. The molecule has 2 fully saturated rings. The molecule has 2 aliphatic carbocycles. The first-order valence-corrected chi connectivity index (χ1v) is 11.1. The number of hydrogen-bond donors (Lipinski definition) is 0. The zero-order valence-corrected chi connectivity index (χ0v) is 17.4. The number of hydrogen-bond acceptors (Lipinski definition) is 2. The van der Waals surface area contributed by atoms with Gasteiger partial charge in [0.2, 0.25) is 11.6 Å². The summed E-state index contributed by atoms with van der Waals surface area (Å²) in [4.78, 5) is 0. The van der Waals surface area contributed by atoms with E-state index in [-0.39, 0.29) is 29.6 Å². The van der Waals surface area contributed by atoms with Crippen molar-refractivity contribution in [2.45, 2.75) is 76.7 Å². The van der Waals surface area contributed by atoms with Gasteiger partial charge >= 0.3 is 0 Å². The van der Waals surface area contributed by atoms with E-state index >= 15 is 0 Å². The Morgan fingerprint density at radius 1 is 0.966 bits per heavy atom. The molecule has 0 radical (unpaired) electrons. The van der Waals surface area contributed by atoms with E-state index in [1.54, 1.807) is 6.08 Å². The minimum absolute atomic E-state index is 0.0130. The van der Waals surface area contributed by atoms with Gasteiger partial charge in [-0.05, 0) is 50.2 Å². The molecule has 2 saturated carbocycles. The van der Waals surface area contributed by atoms with Crippen LogP contribution < -0.4 is 9.47 Å². The van der Waals surface area contributed by atoms with Crippen molar-refractivity contribution in [2.75, 3.05) is 6.61 Å². The lowest BCUT2D eigenvalue weighted by Gasteiger charge is -2.45. The molecule has 29 heavy (non-hydrogen) atoms. The maximum atomic E-state index is 14.9. The van der Waals surface area contributed by atoms with Gasteiger partial charge in [0, 0.05) is 5.41 Å². The molecule has 2 nitrogen and oxygen atoms in total. The molecule has 3 rings (SSSR count). The topological polar surface area (TPSA) is 18.5 Å². The van der Waals surface area contributed by atoms with Crippen LogP contribution in [-0.2, 0) is 0 Å². The average Bonchev–Trinajstić information content (AvgIpc) is 2.77. The van der Waals surface area contributed by atoms with Crippen LogP contribution in [0.15, 0.2) is 37.4 Å². The summed E-state index contributed by atoms with van der Waals surface area (Å²) < 4.78 is 41.1. The summed E-state index contributed by atoms with van der Waals surface area (Å²) >= 11 is 0. The first-order chi connectivity index (χ1) is 14.1. The molecule has 1 aromatic carbocycles. The van der Waals surface area contributed by atoms with E-state index in [1.165, 1.54) is 37.8 Å². The first kappa shape index (κ1) is 21.9. The largest absolute Gasteiger partial charge is 0.490 e. The summed E-state index contributed by atoms with van der Waals surface area (Å²) in [6, 6.07) is 2.98. The molecule has 0 heterocycles. The van der Waals surface area contributed by atoms with E-state index in [0.29, 0.717) is 12.3 Å². The Kier molecular flexibility index (Phi) is 7.74. The number of ether oxygens (including phenoxy) is 2. The van der Waals surface area contributed by atoms with Crippen molar-refractivity contribution < 1.29 is 18.3 Å². The van der Waals surface area contributed by atoms with E-state index in [9.17, 15) is 8.78 Å². The molecule has 0 aliphatic heterocycles. The quantitative estimate of drug-likeness (QED) is 0.316. The molecular weight excluding hydrogens is 370 g/mol. The summed E-state index contributed by atoms with van der Waals surface area (Å²) in [5, 5.41) is 0. The number of benzene rings is 1. The van der Waals surface area contributed by atoms with Crippen molar-refractivity contribution in [1.29, 1.82) is 0 Å². The summed E-state index contributed by atoms with van der Waals surface area (Å²) in [6.45, 7) is 8.01. The van der Waals surface area contributed by atoms with Gasteiger partial charge in [-0.2, -0.15) is 8.78 Å². The molecule has 1 atom stereocenters. The molecule has 0 saturated heterocycles. The second kappa shape index (κ2) is 10.3. The lowest BCUT2D eigenvalue weighted by Crippen LogP contribution is -2.45. The van der Waals surface area contributed by atoms with Crippen molar-refractivity contribution in [2.24, 2.45) is 11.3 Å². The Bertz CT molecular complexity index is 688. The zero-order chi connectivity index (χ0) is 20.7. The van der Waals surface area contributed by atoms with Crippen molar-refractivity contribution >= 4 is 0 Å². The molecule has 0 amide bonds. The van der Waals surface area contributed by atoms with E-state index in [1.807, 2.05) is 6.08 Å². The Morgan fingerprint density at radius 3 is 2.24 bits per heavy atom. The van der Waals surface area contributed by atoms with E-state index < -0.39 is 11.6 Å². The summed E-state index contributed by atoms with van der Waals surface area (Å²) in [6.07, 6.45) is 15.3. The van der Waals surface area contributed by atoms with Gasteiger partial charge in [0.25, 0.3) is 0 Å². The molecule has 1 unspecified atom stereocenters. The standard InChI is InChI=1S/C25H34F2O2/c1-3-5-18-28-20-14-15-21(23(27)22(20)26)29-24(19-12-8-6-9-13-19)25(4-2)16-10-7-11-17-25/h3-4,14-15,19,24H,1-2,5-13,16-18H2. The molecule has 0 spiro atoms. The fraction of sp³-hybridized carbons (Fsp3) is 0.600. The van der Waals surface area contributed by atoms with Crippen LogP contribution in [-0.4, -0.2) is 12.7 Å². The Balaban J connectivity index is 1.86. The fourth-order valence-corrected chi connectivity index (χ4v) is 5.04. The van der Waals surface area contributed by atoms with Crippen molar-refractivity contribution in [3.63, 3.8) is 0 Å². The highest BCUT2D eigenvalue weighted by molar-refractivity contribution is 5.35. The molecule has 160 valence electrons. The van der Waals surface area contributed by atoms with Gasteiger partial charge in [0.1, 0.15) is 6.10 Å². The molecular formula is C25H34F2O2. The molecule has 0 bridgehead atoms. The van der Waals surface area contributed by atoms with Crippen molar-refractivity contribution in [1.82, 2.24) is 0 Å². The van der Waals surface area contributed by atoms with Crippen LogP contribution in [0.3, 0.4) is 0 Å². The SMILES string of the molecule is C=CCCOc1ccc(OC(C2CCCCC2)C2(C=C)CCCCC2)c(F)c1F. The van der Waals surface area contributed by atoms with Crippen LogP contribution in [0.4, 0.5) is 8.78 Å². The highest BCUT2D eigenvalue weighted by Crippen LogP contribution is 2.47. The Hall–Kier alpha value is -1.84. The van der Waals surface area contributed by atoms with Crippen LogP contribution in [0.2, 0.25) is 0 Å². The van der Waals surface area contributed by atoms with Crippen LogP contribution in [0, 0.1) is 23.0 Å². The smallest absolute Gasteiger partial charge is 0.204 e. The van der Waals surface area contributed by atoms with Gasteiger partial charge in [0.15, 0.2) is 11.5 Å². The van der Waals surface area contributed by atoms with Crippen LogP contribution in [0.1, 0.15) is 70.6 Å². The zero-order valence-electron chi connectivity index (χ0n) is 17.4. The second-order valence-corrected chi connectivity index (χ2v) is 8.55. The van der Waals surface area contributed by atoms with E-state index in [2.05, 4.69) is 13.2 Å². The normalized spacial score (nSPS) is 20.6. The third-order valence-corrected chi connectivity index (χ3v) is 6.68. The minimum Gasteiger partial charge on any atom is -0.490 e. The molecule has 0 N–H and O–H groups in total. The second-order valence-electron chi connectivity index (χ2n) is 8.55. The third kappa shape index (κ3) is 5.02. The Morgan fingerprint density at radius 2 is 1.59 bits per heavy atom. The minimum atomic E-state index is -0.981. The van der Waals surface area contributed by atoms with E-state index in [4.69, 9.17) is 9.47 Å². The van der Waals surface area contributed by atoms with Gasteiger partial charge in [-0.3, -0.25) is 0 Å². The van der Waals surface area contributed by atoms with Gasteiger partial charge < -0.3 is 9.47 Å². The van der Waals surface area contributed by atoms with Crippen LogP contribution >= 0.6 is 0 Å². The van der Waals surface area contributed by atoms with E-state index in [0.717, 1.165) is 38.5 Å². The molecule has 0 aromatic heterocycles. The summed E-state index contributed by atoms with van der Waals surface area (Å²) in [5.41, 5.74) is -0.164. The Labute approximate surface area is 174 Å². The lowest BCUT2D eigenvalue weighted by molar-refractivity contribution is -0.00711. The van der Waals surface area contributed by atoms with Crippen LogP contribution in [0.5, 0.6) is 11.5 Å². The molecule has 2 aliphatic rings. The summed E-state index contributed by atoms with van der Waals surface area (Å²) in [5.74, 6) is -1.68. The van der Waals surface area contributed by atoms with Crippen LogP contribution in [0.25, 0.3) is 0 Å². The predicted molar refractivity (Wildman–Crippen MR) is 113 cm³/mol. The maximum absolute atomic E-state index is 14.9. The highest BCUT2D eigenvalue weighted by Gasteiger charge is 2.44. The average molecular weight is 405 g/mol. The predicted octanol–water partition coefficient (Wildman–Crippen LogP) is 7.38. The third-order valence-electron chi connectivity index (χ3n) is 6.68. The van der Waals surface area contributed by atoms with Crippen molar-refractivity contribution in [3.8, 4) is 11.5 Å². The molecule has 1 aromatic rings. The highest BCUT2D eigenvalue weighted by atomic mass is 19.2. The molecule has 4 heteroatoms. The van der Waals surface area contributed by atoms with Crippen molar-refractivity contribution in [3.05, 3.63) is 49.1 Å². The van der Waals surface area contributed by atoms with Gasteiger partial charge in [-0.1, -0.05) is 50.7 Å². The number of halogens is 2. The fourth-order valence-electron chi connectivity index (χ4n) is 5.04. The van der Waals surface area contributed by atoms with Gasteiger partial charge in [-0.25, -0.2) is 0 Å². The maximum Gasteiger partial charge on any atom is 0.204 e. The van der Waals surface area contributed by atoms with Gasteiger partial charge in [0.05, 0.1) is 6.61 Å². The number of rotatable bonds is 9. The summed E-state index contributed by atoms with van der Waals surface area (Å²) in [7, 11) is 0. The monoisotopic (exact) mass is 404 g/mol.